The van der Waals surface area contributed by atoms with E-state index in [0.29, 0.717) is 20.8 Å². The zero-order valence-electron chi connectivity index (χ0n) is 19.8. The summed E-state index contributed by atoms with van der Waals surface area (Å²) in [6, 6.07) is 15.8. The number of benzene rings is 3. The second-order valence-corrected chi connectivity index (χ2v) is 9.50. The molecular formula is C27H21BrClN3O5. The number of hydrogen-bond donors (Lipinski definition) is 2. The van der Waals surface area contributed by atoms with Crippen molar-refractivity contribution in [2.75, 3.05) is 16.8 Å². The minimum absolute atomic E-state index is 0.218. The normalized spacial score (nSPS) is 14.5. The maximum absolute atomic E-state index is 13.0. The lowest BCUT2D eigenvalue weighted by molar-refractivity contribution is -0.122. The molecule has 0 unspecified atom stereocenters. The number of ether oxygens (including phenoxy) is 1. The first-order valence-electron chi connectivity index (χ1n) is 11.1. The van der Waals surface area contributed by atoms with Crippen LogP contribution in [0.4, 0.5) is 16.2 Å². The molecule has 0 atom stereocenters. The molecule has 0 spiro atoms. The van der Waals surface area contributed by atoms with Gasteiger partial charge in [-0.2, -0.15) is 0 Å². The number of carbonyl (C=O) groups is 4. The standard InChI is InChI=1S/C27H21BrClN3O5/c1-15-5-3-8-22(16(15)2)30-24(33)14-37-23-10-9-17(12-21(23)28)11-20-25(34)31-27(36)32(26(20)35)19-7-4-6-18(29)13-19/h3-13H,14H2,1-2H3,(H,30,33)(H,31,34,36)/b20-11+. The van der Waals surface area contributed by atoms with E-state index in [-0.39, 0.29) is 23.8 Å². The molecule has 1 heterocycles. The van der Waals surface area contributed by atoms with E-state index in [1.807, 2.05) is 32.0 Å². The summed E-state index contributed by atoms with van der Waals surface area (Å²) in [6.07, 6.45) is 1.36. The number of aryl methyl sites for hydroxylation is 1. The minimum Gasteiger partial charge on any atom is -0.483 e. The van der Waals surface area contributed by atoms with E-state index in [9.17, 15) is 19.2 Å². The fourth-order valence-electron chi connectivity index (χ4n) is 3.61. The summed E-state index contributed by atoms with van der Waals surface area (Å²) in [5.74, 6) is -1.51. The number of rotatable bonds is 6. The van der Waals surface area contributed by atoms with Gasteiger partial charge in [0.2, 0.25) is 0 Å². The summed E-state index contributed by atoms with van der Waals surface area (Å²) in [5, 5.41) is 5.33. The van der Waals surface area contributed by atoms with E-state index < -0.39 is 17.8 Å². The third-order valence-electron chi connectivity index (χ3n) is 5.67. The van der Waals surface area contributed by atoms with Gasteiger partial charge in [-0.15, -0.1) is 0 Å². The highest BCUT2D eigenvalue weighted by Crippen LogP contribution is 2.29. The molecule has 3 aromatic rings. The van der Waals surface area contributed by atoms with E-state index in [1.54, 1.807) is 30.3 Å². The van der Waals surface area contributed by atoms with Gasteiger partial charge in [-0.25, -0.2) is 9.69 Å². The Morgan fingerprint density at radius 2 is 1.84 bits per heavy atom. The summed E-state index contributed by atoms with van der Waals surface area (Å²) in [4.78, 5) is 51.0. The van der Waals surface area contributed by atoms with Crippen molar-refractivity contribution in [3.63, 3.8) is 0 Å². The monoisotopic (exact) mass is 581 g/mol. The number of anilines is 2. The van der Waals surface area contributed by atoms with Gasteiger partial charge in [-0.1, -0.05) is 35.9 Å². The van der Waals surface area contributed by atoms with E-state index in [2.05, 4.69) is 26.6 Å². The Hall–Kier alpha value is -3.95. The largest absolute Gasteiger partial charge is 0.483 e. The molecule has 0 aliphatic carbocycles. The van der Waals surface area contributed by atoms with Crippen LogP contribution in [0.5, 0.6) is 5.75 Å². The van der Waals surface area contributed by atoms with Crippen molar-refractivity contribution in [3.8, 4) is 5.75 Å². The molecule has 10 heteroatoms. The molecule has 37 heavy (non-hydrogen) atoms. The average molecular weight is 583 g/mol. The van der Waals surface area contributed by atoms with Crippen molar-refractivity contribution < 1.29 is 23.9 Å². The van der Waals surface area contributed by atoms with Crippen LogP contribution in [0.15, 0.2) is 70.7 Å². The second kappa shape index (κ2) is 11.0. The van der Waals surface area contributed by atoms with Crippen LogP contribution in [0.2, 0.25) is 5.02 Å². The fraction of sp³-hybridized carbons (Fsp3) is 0.111. The van der Waals surface area contributed by atoms with Crippen molar-refractivity contribution in [2.45, 2.75) is 13.8 Å². The molecule has 4 rings (SSSR count). The summed E-state index contributed by atoms with van der Waals surface area (Å²) in [5.41, 5.74) is 3.27. The molecule has 8 nitrogen and oxygen atoms in total. The quantitative estimate of drug-likeness (QED) is 0.299. The molecule has 188 valence electrons. The molecular weight excluding hydrogens is 562 g/mol. The predicted octanol–water partition coefficient (Wildman–Crippen LogP) is 5.40. The second-order valence-electron chi connectivity index (χ2n) is 8.21. The highest BCUT2D eigenvalue weighted by molar-refractivity contribution is 9.10. The van der Waals surface area contributed by atoms with Crippen molar-refractivity contribution in [3.05, 3.63) is 92.4 Å². The summed E-state index contributed by atoms with van der Waals surface area (Å²) in [7, 11) is 0. The van der Waals surface area contributed by atoms with E-state index in [1.165, 1.54) is 18.2 Å². The minimum atomic E-state index is -0.863. The molecule has 1 aliphatic heterocycles. The maximum Gasteiger partial charge on any atom is 0.335 e. The van der Waals surface area contributed by atoms with Crippen molar-refractivity contribution in [1.29, 1.82) is 0 Å². The molecule has 1 fully saturated rings. The molecule has 3 aromatic carbocycles. The lowest BCUT2D eigenvalue weighted by Crippen LogP contribution is -2.54. The van der Waals surface area contributed by atoms with Gasteiger partial charge in [-0.05, 0) is 88.9 Å². The Kier molecular flexibility index (Phi) is 7.75. The van der Waals surface area contributed by atoms with Gasteiger partial charge in [0.05, 0.1) is 10.2 Å². The van der Waals surface area contributed by atoms with Crippen LogP contribution < -0.4 is 20.3 Å². The highest BCUT2D eigenvalue weighted by atomic mass is 79.9. The van der Waals surface area contributed by atoms with Gasteiger partial charge in [0, 0.05) is 10.7 Å². The van der Waals surface area contributed by atoms with Crippen molar-refractivity contribution in [2.24, 2.45) is 0 Å². The van der Waals surface area contributed by atoms with E-state index >= 15 is 0 Å². The Labute approximate surface area is 226 Å². The molecule has 0 aromatic heterocycles. The predicted molar refractivity (Wildman–Crippen MR) is 145 cm³/mol. The van der Waals surface area contributed by atoms with Crippen LogP contribution in [0, 0.1) is 13.8 Å². The third-order valence-corrected chi connectivity index (χ3v) is 6.53. The van der Waals surface area contributed by atoms with E-state index in [4.69, 9.17) is 16.3 Å². The highest BCUT2D eigenvalue weighted by Gasteiger charge is 2.36. The zero-order chi connectivity index (χ0) is 26.7. The van der Waals surface area contributed by atoms with Crippen LogP contribution in [-0.2, 0) is 14.4 Å². The van der Waals surface area contributed by atoms with Gasteiger partial charge in [0.15, 0.2) is 6.61 Å². The molecule has 5 amide bonds. The van der Waals surface area contributed by atoms with Crippen LogP contribution in [0.25, 0.3) is 6.08 Å². The number of barbiturate groups is 1. The Bertz CT molecular complexity index is 1470. The maximum atomic E-state index is 13.0. The summed E-state index contributed by atoms with van der Waals surface area (Å²) in [6.45, 7) is 3.67. The van der Waals surface area contributed by atoms with Crippen molar-refractivity contribution >= 4 is 68.7 Å². The number of amides is 5. The Morgan fingerprint density at radius 1 is 1.08 bits per heavy atom. The summed E-state index contributed by atoms with van der Waals surface area (Å²) < 4.78 is 6.14. The van der Waals surface area contributed by atoms with Crippen molar-refractivity contribution in [1.82, 2.24) is 5.32 Å². The summed E-state index contributed by atoms with van der Waals surface area (Å²) >= 11 is 9.39. The number of urea groups is 1. The number of nitrogens with one attached hydrogen (secondary N) is 2. The van der Waals surface area contributed by atoms with Gasteiger partial charge >= 0.3 is 6.03 Å². The van der Waals surface area contributed by atoms with Crippen LogP contribution in [0.3, 0.4) is 0 Å². The SMILES string of the molecule is Cc1cccc(NC(=O)COc2ccc(/C=C3\C(=O)NC(=O)N(c4cccc(Cl)c4)C3=O)cc2Br)c1C. The lowest BCUT2D eigenvalue weighted by Gasteiger charge is -2.26. The molecule has 0 saturated carbocycles. The first-order chi connectivity index (χ1) is 17.6. The van der Waals surface area contributed by atoms with Gasteiger partial charge in [0.25, 0.3) is 17.7 Å². The van der Waals surface area contributed by atoms with E-state index in [0.717, 1.165) is 21.7 Å². The number of imide groups is 2. The number of carbonyl (C=O) groups excluding carboxylic acids is 4. The first-order valence-corrected chi connectivity index (χ1v) is 12.3. The number of halogens is 2. The van der Waals surface area contributed by atoms with Crippen LogP contribution >= 0.6 is 27.5 Å². The average Bonchev–Trinajstić information content (AvgIpc) is 2.84. The molecule has 1 saturated heterocycles. The van der Waals surface area contributed by atoms with Crippen LogP contribution in [0.1, 0.15) is 16.7 Å². The molecule has 1 aliphatic rings. The van der Waals surface area contributed by atoms with Gasteiger partial charge < -0.3 is 10.1 Å². The molecule has 0 bridgehead atoms. The Balaban J connectivity index is 1.48. The topological polar surface area (TPSA) is 105 Å². The molecule has 2 N–H and O–H groups in total. The van der Waals surface area contributed by atoms with Gasteiger partial charge in [-0.3, -0.25) is 19.7 Å². The van der Waals surface area contributed by atoms with Gasteiger partial charge in [0.1, 0.15) is 11.3 Å². The third kappa shape index (κ3) is 5.90. The number of nitrogens with zero attached hydrogens (tertiary/aromatic N) is 1. The molecule has 0 radical (unpaired) electrons. The number of hydrogen-bond acceptors (Lipinski definition) is 5. The first kappa shape index (κ1) is 26.1. The lowest BCUT2D eigenvalue weighted by atomic mass is 10.1. The van der Waals surface area contributed by atoms with Crippen LogP contribution in [-0.4, -0.2) is 30.4 Å². The Morgan fingerprint density at radius 3 is 2.57 bits per heavy atom. The fourth-order valence-corrected chi connectivity index (χ4v) is 4.31. The zero-order valence-corrected chi connectivity index (χ0v) is 22.1. The smallest absolute Gasteiger partial charge is 0.335 e.